The summed E-state index contributed by atoms with van der Waals surface area (Å²) in [5.74, 6) is 2.55. The number of phenols is 3. The van der Waals surface area contributed by atoms with Crippen LogP contribution in [0.1, 0.15) is 116 Å². The zero-order valence-electron chi connectivity index (χ0n) is 24.7. The van der Waals surface area contributed by atoms with E-state index in [-0.39, 0.29) is 17.1 Å². The van der Waals surface area contributed by atoms with E-state index in [9.17, 15) is 20.1 Å². The van der Waals surface area contributed by atoms with Gasteiger partial charge in [-0.2, -0.15) is 0 Å². The fraction of sp³-hybridized carbons (Fsp3) is 0.735. The van der Waals surface area contributed by atoms with Crippen molar-refractivity contribution in [2.45, 2.75) is 111 Å². The fourth-order valence-corrected chi connectivity index (χ4v) is 9.69. The average Bonchev–Trinajstić information content (AvgIpc) is 3.24. The maximum atomic E-state index is 12.8. The number of fused-ring (bicyclic) bond motifs is 5. The lowest BCUT2D eigenvalue weighted by Crippen LogP contribution is -2.51. The molecule has 0 aromatic heterocycles. The second kappa shape index (κ2) is 10.7. The second-order valence-electron chi connectivity index (χ2n) is 14.4. The monoisotopic (exact) mass is 538 g/mol. The molecule has 0 saturated heterocycles. The predicted octanol–water partition coefficient (Wildman–Crippen LogP) is 8.37. The van der Waals surface area contributed by atoms with Crippen molar-refractivity contribution in [1.82, 2.24) is 0 Å². The van der Waals surface area contributed by atoms with E-state index in [0.29, 0.717) is 11.3 Å². The molecule has 0 amide bonds. The van der Waals surface area contributed by atoms with Gasteiger partial charge in [-0.25, -0.2) is 4.79 Å². The van der Waals surface area contributed by atoms with Gasteiger partial charge in [0.25, 0.3) is 0 Å². The largest absolute Gasteiger partial charge is 0.504 e. The summed E-state index contributed by atoms with van der Waals surface area (Å²) in [4.78, 5) is 12.8. The van der Waals surface area contributed by atoms with Gasteiger partial charge in [-0.3, -0.25) is 0 Å². The highest BCUT2D eigenvalue weighted by molar-refractivity contribution is 5.91. The maximum absolute atomic E-state index is 12.8. The van der Waals surface area contributed by atoms with E-state index >= 15 is 0 Å². The first kappa shape index (κ1) is 28.4. The van der Waals surface area contributed by atoms with Crippen LogP contribution in [0.25, 0.3) is 0 Å². The molecule has 0 heterocycles. The molecule has 0 aliphatic heterocycles. The standard InChI is InChI=1S/C34H50O5/c1-20(2)7-6-8-21(3)26-11-12-27-25-10-9-23-19-24(13-15-33(23,4)28(25)14-16-34(26,27)5)39-32(38)22-17-29(35)31(37)30(36)18-22/h9,17-18,20-21,24-28,35-37H,6-8,10-16,19H2,1-5H3/t21-,24?,25+,26-,27+,28+,33+,34-/m1/s1. The number of phenolic OH excluding ortho intramolecular Hbond substituents is 3. The minimum absolute atomic E-state index is 0.0506. The molecule has 1 unspecified atom stereocenters. The van der Waals surface area contributed by atoms with Crippen LogP contribution in [0.5, 0.6) is 17.2 Å². The predicted molar refractivity (Wildman–Crippen MR) is 154 cm³/mol. The topological polar surface area (TPSA) is 87.0 Å². The zero-order valence-corrected chi connectivity index (χ0v) is 24.7. The van der Waals surface area contributed by atoms with Crippen molar-refractivity contribution in [2.75, 3.05) is 0 Å². The number of allylic oxidation sites excluding steroid dienone is 1. The first-order valence-electron chi connectivity index (χ1n) is 15.6. The normalized spacial score (nSPS) is 36.5. The minimum Gasteiger partial charge on any atom is -0.504 e. The molecule has 39 heavy (non-hydrogen) atoms. The van der Waals surface area contributed by atoms with E-state index < -0.39 is 23.2 Å². The average molecular weight is 539 g/mol. The molecule has 4 aliphatic rings. The van der Waals surface area contributed by atoms with E-state index in [1.54, 1.807) is 0 Å². The molecule has 5 heteroatoms. The Morgan fingerprint density at radius 2 is 1.69 bits per heavy atom. The van der Waals surface area contributed by atoms with Gasteiger partial charge in [0.05, 0.1) is 5.56 Å². The molecule has 1 aromatic rings. The molecule has 3 fully saturated rings. The Morgan fingerprint density at radius 3 is 2.38 bits per heavy atom. The molecule has 5 rings (SSSR count). The van der Waals surface area contributed by atoms with Crippen molar-refractivity contribution in [2.24, 2.45) is 46.3 Å². The van der Waals surface area contributed by atoms with Gasteiger partial charge in [-0.05, 0) is 103 Å². The third-order valence-corrected chi connectivity index (χ3v) is 11.8. The molecule has 3 saturated carbocycles. The molecule has 0 bridgehead atoms. The molecule has 0 spiro atoms. The molecule has 3 N–H and O–H groups in total. The summed E-state index contributed by atoms with van der Waals surface area (Å²) < 4.78 is 5.85. The SMILES string of the molecule is CC(C)CCC[C@@H](C)[C@H]1CC[C@H]2[C@@H]3CC=C4CC(OC(=O)c5cc(O)c(O)c(O)c5)CC[C@]4(C)[C@H]3CC[C@]12C. The van der Waals surface area contributed by atoms with Gasteiger partial charge < -0.3 is 20.1 Å². The number of esters is 1. The number of aromatic hydroxyl groups is 3. The van der Waals surface area contributed by atoms with E-state index in [1.807, 2.05) is 0 Å². The summed E-state index contributed by atoms with van der Waals surface area (Å²) in [6.45, 7) is 12.3. The van der Waals surface area contributed by atoms with Gasteiger partial charge in [-0.1, -0.05) is 65.5 Å². The molecule has 5 nitrogen and oxygen atoms in total. The van der Waals surface area contributed by atoms with E-state index in [0.717, 1.165) is 67.4 Å². The maximum Gasteiger partial charge on any atom is 0.338 e. The lowest BCUT2D eigenvalue weighted by Gasteiger charge is -2.58. The van der Waals surface area contributed by atoms with Crippen LogP contribution in [0, 0.1) is 46.3 Å². The Kier molecular flexibility index (Phi) is 7.76. The first-order valence-corrected chi connectivity index (χ1v) is 15.6. The van der Waals surface area contributed by atoms with Crippen LogP contribution in [0.4, 0.5) is 0 Å². The molecule has 8 atom stereocenters. The lowest BCUT2D eigenvalue weighted by atomic mass is 9.47. The van der Waals surface area contributed by atoms with Crippen molar-refractivity contribution in [3.05, 3.63) is 29.3 Å². The first-order chi connectivity index (χ1) is 18.4. The minimum atomic E-state index is -0.625. The van der Waals surface area contributed by atoms with Gasteiger partial charge in [0, 0.05) is 6.42 Å². The van der Waals surface area contributed by atoms with E-state index in [4.69, 9.17) is 4.74 Å². The Labute approximate surface area is 235 Å². The highest BCUT2D eigenvalue weighted by Gasteiger charge is 2.59. The highest BCUT2D eigenvalue weighted by atomic mass is 16.5. The van der Waals surface area contributed by atoms with E-state index in [2.05, 4.69) is 40.7 Å². The van der Waals surface area contributed by atoms with Crippen molar-refractivity contribution in [3.8, 4) is 17.2 Å². The quantitative estimate of drug-likeness (QED) is 0.184. The van der Waals surface area contributed by atoms with Crippen LogP contribution in [0.3, 0.4) is 0 Å². The lowest BCUT2D eigenvalue weighted by molar-refractivity contribution is -0.0594. The summed E-state index contributed by atoms with van der Waals surface area (Å²) in [6, 6.07) is 2.29. The van der Waals surface area contributed by atoms with Gasteiger partial charge in [0.1, 0.15) is 6.10 Å². The third-order valence-electron chi connectivity index (χ3n) is 11.8. The Balaban J connectivity index is 1.25. The van der Waals surface area contributed by atoms with Crippen molar-refractivity contribution in [3.63, 3.8) is 0 Å². The number of ether oxygens (including phenoxy) is 1. The summed E-state index contributed by atoms with van der Waals surface area (Å²) >= 11 is 0. The van der Waals surface area contributed by atoms with Crippen LogP contribution < -0.4 is 0 Å². The number of carbonyl (C=O) groups excluding carboxylic acids is 1. The summed E-state index contributed by atoms with van der Waals surface area (Å²) in [7, 11) is 0. The molecular formula is C34H50O5. The molecule has 4 aliphatic carbocycles. The third kappa shape index (κ3) is 5.08. The zero-order chi connectivity index (χ0) is 28.1. The molecule has 216 valence electrons. The molecule has 0 radical (unpaired) electrons. The van der Waals surface area contributed by atoms with Gasteiger partial charge in [0.2, 0.25) is 0 Å². The van der Waals surface area contributed by atoms with Crippen molar-refractivity contribution in [1.29, 1.82) is 0 Å². The highest BCUT2D eigenvalue weighted by Crippen LogP contribution is 2.67. The Morgan fingerprint density at radius 1 is 0.974 bits per heavy atom. The van der Waals surface area contributed by atoms with Crippen LogP contribution in [0.2, 0.25) is 0 Å². The van der Waals surface area contributed by atoms with Gasteiger partial charge in [-0.15, -0.1) is 0 Å². The number of rotatable bonds is 7. The summed E-state index contributed by atoms with van der Waals surface area (Å²) in [5.41, 5.74) is 2.18. The van der Waals surface area contributed by atoms with Crippen LogP contribution >= 0.6 is 0 Å². The van der Waals surface area contributed by atoms with E-state index in [1.165, 1.54) is 50.5 Å². The Bertz CT molecular complexity index is 1080. The summed E-state index contributed by atoms with van der Waals surface area (Å²) in [5, 5.41) is 29.2. The fourth-order valence-electron chi connectivity index (χ4n) is 9.69. The van der Waals surface area contributed by atoms with Crippen LogP contribution in [0.15, 0.2) is 23.8 Å². The number of benzene rings is 1. The molecule has 1 aromatic carbocycles. The number of hydrogen-bond acceptors (Lipinski definition) is 5. The van der Waals surface area contributed by atoms with Crippen LogP contribution in [-0.4, -0.2) is 27.4 Å². The summed E-state index contributed by atoms with van der Waals surface area (Å²) in [6.07, 6.45) is 15.6. The van der Waals surface area contributed by atoms with Crippen molar-refractivity contribution >= 4 is 5.97 Å². The van der Waals surface area contributed by atoms with Gasteiger partial charge in [0.15, 0.2) is 17.2 Å². The Hall–Kier alpha value is -2.17. The smallest absolute Gasteiger partial charge is 0.338 e. The second-order valence-corrected chi connectivity index (χ2v) is 14.4. The van der Waals surface area contributed by atoms with Crippen LogP contribution in [-0.2, 0) is 4.74 Å². The number of hydrogen-bond donors (Lipinski definition) is 3. The molecular weight excluding hydrogens is 488 g/mol. The van der Waals surface area contributed by atoms with Gasteiger partial charge >= 0.3 is 5.97 Å². The van der Waals surface area contributed by atoms with Crippen molar-refractivity contribution < 1.29 is 24.9 Å². The number of carbonyl (C=O) groups is 1.